The van der Waals surface area contributed by atoms with Gasteiger partial charge in [0, 0.05) is 27.0 Å². The molecule has 0 saturated heterocycles. The van der Waals surface area contributed by atoms with Crippen LogP contribution in [-0.4, -0.2) is 11.0 Å². The van der Waals surface area contributed by atoms with Gasteiger partial charge < -0.3 is 5.32 Å². The maximum atomic E-state index is 12.0. The Morgan fingerprint density at radius 1 is 1.21 bits per heavy atom. The van der Waals surface area contributed by atoms with Crippen molar-refractivity contribution in [2.24, 2.45) is 0 Å². The Labute approximate surface area is 157 Å². The second-order valence-corrected chi connectivity index (χ2v) is 7.19. The monoisotopic (exact) mass is 421 g/mol. The van der Waals surface area contributed by atoms with Crippen molar-refractivity contribution in [3.05, 3.63) is 69.0 Å². The lowest BCUT2D eigenvalue weighted by molar-refractivity contribution is 0.251. The van der Waals surface area contributed by atoms with Crippen LogP contribution < -0.4 is 10.6 Å². The molecule has 0 atom stereocenters. The summed E-state index contributed by atoms with van der Waals surface area (Å²) in [6.07, 6.45) is 0. The van der Waals surface area contributed by atoms with Crippen LogP contribution >= 0.6 is 38.9 Å². The average molecular weight is 423 g/mol. The molecular weight excluding hydrogens is 410 g/mol. The predicted molar refractivity (Wildman–Crippen MR) is 103 cm³/mol. The molecule has 0 aliphatic heterocycles. The molecule has 0 unspecified atom stereocenters. The van der Waals surface area contributed by atoms with Gasteiger partial charge >= 0.3 is 6.03 Å². The van der Waals surface area contributed by atoms with Crippen molar-refractivity contribution in [3.63, 3.8) is 0 Å². The number of halogens is 2. The third kappa shape index (κ3) is 4.56. The van der Waals surface area contributed by atoms with Crippen LogP contribution in [0.25, 0.3) is 11.3 Å². The number of urea groups is 1. The van der Waals surface area contributed by atoms with Crippen LogP contribution in [0.15, 0.2) is 58.4 Å². The summed E-state index contributed by atoms with van der Waals surface area (Å²) >= 11 is 10.7. The molecule has 2 aromatic carbocycles. The SMILES string of the molecule is O=C(NCc1cccc(Cl)c1)Nc1nc(-c2ccc(Br)cc2)cs1. The van der Waals surface area contributed by atoms with Gasteiger partial charge in [0.1, 0.15) is 0 Å². The highest BCUT2D eigenvalue weighted by Crippen LogP contribution is 2.26. The van der Waals surface area contributed by atoms with Gasteiger partial charge in [-0.3, -0.25) is 5.32 Å². The smallest absolute Gasteiger partial charge is 0.321 e. The van der Waals surface area contributed by atoms with E-state index in [1.165, 1.54) is 11.3 Å². The van der Waals surface area contributed by atoms with Gasteiger partial charge in [-0.15, -0.1) is 11.3 Å². The minimum absolute atomic E-state index is 0.299. The van der Waals surface area contributed by atoms with Crippen LogP contribution in [0.3, 0.4) is 0 Å². The lowest BCUT2D eigenvalue weighted by atomic mass is 10.2. The third-order valence-corrected chi connectivity index (χ3v) is 4.73. The lowest BCUT2D eigenvalue weighted by Gasteiger charge is -2.05. The summed E-state index contributed by atoms with van der Waals surface area (Å²) in [6.45, 7) is 0.400. The van der Waals surface area contributed by atoms with E-state index in [1.54, 1.807) is 6.07 Å². The predicted octanol–water partition coefficient (Wildman–Crippen LogP) is 5.55. The fraction of sp³-hybridized carbons (Fsp3) is 0.0588. The zero-order valence-corrected chi connectivity index (χ0v) is 15.6. The molecule has 0 radical (unpaired) electrons. The molecule has 3 rings (SSSR count). The summed E-state index contributed by atoms with van der Waals surface area (Å²) in [5.74, 6) is 0. The van der Waals surface area contributed by atoms with Gasteiger partial charge in [-0.2, -0.15) is 0 Å². The molecule has 0 saturated carbocycles. The Morgan fingerprint density at radius 3 is 2.75 bits per heavy atom. The summed E-state index contributed by atoms with van der Waals surface area (Å²) < 4.78 is 1.01. The minimum Gasteiger partial charge on any atom is -0.334 e. The molecule has 122 valence electrons. The number of nitrogens with zero attached hydrogens (tertiary/aromatic N) is 1. The van der Waals surface area contributed by atoms with E-state index in [2.05, 4.69) is 31.5 Å². The molecule has 0 bridgehead atoms. The lowest BCUT2D eigenvalue weighted by Crippen LogP contribution is -2.28. The van der Waals surface area contributed by atoms with E-state index in [-0.39, 0.29) is 6.03 Å². The Balaban J connectivity index is 1.58. The van der Waals surface area contributed by atoms with E-state index < -0.39 is 0 Å². The Kier molecular flexibility index (Phi) is 5.50. The highest BCUT2D eigenvalue weighted by Gasteiger charge is 2.08. The normalized spacial score (nSPS) is 10.4. The van der Waals surface area contributed by atoms with Crippen molar-refractivity contribution in [1.82, 2.24) is 10.3 Å². The van der Waals surface area contributed by atoms with Crippen molar-refractivity contribution >= 4 is 50.0 Å². The van der Waals surface area contributed by atoms with Crippen LogP contribution in [-0.2, 0) is 6.54 Å². The van der Waals surface area contributed by atoms with Crippen molar-refractivity contribution in [2.45, 2.75) is 6.54 Å². The first kappa shape index (κ1) is 17.0. The number of nitrogens with one attached hydrogen (secondary N) is 2. The van der Waals surface area contributed by atoms with Gasteiger partial charge in [0.05, 0.1) is 5.69 Å². The minimum atomic E-state index is -0.299. The summed E-state index contributed by atoms with van der Waals surface area (Å²) in [6, 6.07) is 14.9. The van der Waals surface area contributed by atoms with E-state index in [4.69, 9.17) is 11.6 Å². The van der Waals surface area contributed by atoms with Gasteiger partial charge in [-0.25, -0.2) is 9.78 Å². The number of rotatable bonds is 4. The van der Waals surface area contributed by atoms with Crippen LogP contribution in [0.5, 0.6) is 0 Å². The first-order chi connectivity index (χ1) is 11.6. The van der Waals surface area contributed by atoms with Gasteiger partial charge in [0.25, 0.3) is 0 Å². The number of anilines is 1. The van der Waals surface area contributed by atoms with Crippen molar-refractivity contribution in [1.29, 1.82) is 0 Å². The maximum absolute atomic E-state index is 12.0. The number of amides is 2. The van der Waals surface area contributed by atoms with E-state index >= 15 is 0 Å². The summed E-state index contributed by atoms with van der Waals surface area (Å²) in [5, 5.41) is 8.64. The number of aromatic nitrogens is 1. The molecule has 0 aliphatic rings. The number of carbonyl (C=O) groups excluding carboxylic acids is 1. The number of hydrogen-bond donors (Lipinski definition) is 2. The number of carbonyl (C=O) groups is 1. The van der Waals surface area contributed by atoms with Crippen molar-refractivity contribution < 1.29 is 4.79 Å². The zero-order valence-electron chi connectivity index (χ0n) is 12.4. The van der Waals surface area contributed by atoms with E-state index in [0.717, 1.165) is 21.3 Å². The molecule has 2 amide bonds. The third-order valence-electron chi connectivity index (χ3n) is 3.21. The molecule has 0 aliphatic carbocycles. The van der Waals surface area contributed by atoms with Gasteiger partial charge in [0.15, 0.2) is 5.13 Å². The van der Waals surface area contributed by atoms with Crippen LogP contribution in [0.2, 0.25) is 5.02 Å². The number of thiazole rings is 1. The summed E-state index contributed by atoms with van der Waals surface area (Å²) in [5.41, 5.74) is 2.77. The zero-order chi connectivity index (χ0) is 16.9. The highest BCUT2D eigenvalue weighted by atomic mass is 79.9. The highest BCUT2D eigenvalue weighted by molar-refractivity contribution is 9.10. The van der Waals surface area contributed by atoms with Crippen LogP contribution in [0, 0.1) is 0 Å². The maximum Gasteiger partial charge on any atom is 0.321 e. The van der Waals surface area contributed by atoms with Crippen molar-refractivity contribution in [2.75, 3.05) is 5.32 Å². The number of benzene rings is 2. The van der Waals surface area contributed by atoms with Crippen LogP contribution in [0.1, 0.15) is 5.56 Å². The Bertz CT molecular complexity index is 851. The topological polar surface area (TPSA) is 54.0 Å². The molecule has 3 aromatic rings. The van der Waals surface area contributed by atoms with E-state index in [0.29, 0.717) is 16.7 Å². The molecule has 2 N–H and O–H groups in total. The standard InChI is InChI=1S/C17H13BrClN3OS/c18-13-6-4-12(5-7-13)15-10-24-17(21-15)22-16(23)20-9-11-2-1-3-14(19)8-11/h1-8,10H,9H2,(H2,20,21,22,23). The molecular formula is C17H13BrClN3OS. The second kappa shape index (κ2) is 7.79. The van der Waals surface area contributed by atoms with Gasteiger partial charge in [-0.1, -0.05) is 51.8 Å². The summed E-state index contributed by atoms with van der Waals surface area (Å²) in [7, 11) is 0. The summed E-state index contributed by atoms with van der Waals surface area (Å²) in [4.78, 5) is 16.4. The van der Waals surface area contributed by atoms with Gasteiger partial charge in [-0.05, 0) is 29.8 Å². The Hall–Kier alpha value is -1.89. The fourth-order valence-corrected chi connectivity index (χ4v) is 3.25. The second-order valence-electron chi connectivity index (χ2n) is 4.98. The number of hydrogen-bond acceptors (Lipinski definition) is 3. The molecule has 1 aromatic heterocycles. The van der Waals surface area contributed by atoms with Gasteiger partial charge in [0.2, 0.25) is 0 Å². The largest absolute Gasteiger partial charge is 0.334 e. The Morgan fingerprint density at radius 2 is 2.00 bits per heavy atom. The molecule has 4 nitrogen and oxygen atoms in total. The first-order valence-corrected chi connectivity index (χ1v) is 9.16. The van der Waals surface area contributed by atoms with Crippen molar-refractivity contribution in [3.8, 4) is 11.3 Å². The fourth-order valence-electron chi connectivity index (χ4n) is 2.05. The van der Waals surface area contributed by atoms with Crippen LogP contribution in [0.4, 0.5) is 9.93 Å². The molecule has 0 spiro atoms. The molecule has 0 fully saturated rings. The van der Waals surface area contributed by atoms with E-state index in [1.807, 2.05) is 47.8 Å². The van der Waals surface area contributed by atoms with E-state index in [9.17, 15) is 4.79 Å². The first-order valence-electron chi connectivity index (χ1n) is 7.11. The quantitative estimate of drug-likeness (QED) is 0.579. The molecule has 1 heterocycles. The molecule has 24 heavy (non-hydrogen) atoms. The molecule has 7 heteroatoms. The average Bonchev–Trinajstić information content (AvgIpc) is 3.02.